The first-order chi connectivity index (χ1) is 16.9. The van der Waals surface area contributed by atoms with E-state index in [9.17, 15) is 19.1 Å². The smallest absolute Gasteiger partial charge is 0.295 e. The third kappa shape index (κ3) is 5.65. The molecule has 0 spiro atoms. The molecule has 0 saturated carbocycles. The molecule has 0 aliphatic carbocycles. The van der Waals surface area contributed by atoms with E-state index in [4.69, 9.17) is 9.47 Å². The molecule has 1 aliphatic rings. The lowest BCUT2D eigenvalue weighted by molar-refractivity contribution is -0.140. The molecule has 8 heteroatoms. The molecule has 0 bridgehead atoms. The van der Waals surface area contributed by atoms with Gasteiger partial charge in [0, 0.05) is 18.7 Å². The van der Waals surface area contributed by atoms with Crippen LogP contribution in [0.1, 0.15) is 44.9 Å². The molecule has 1 atom stereocenters. The van der Waals surface area contributed by atoms with Gasteiger partial charge in [0.1, 0.15) is 11.6 Å². The Hall–Kier alpha value is -3.39. The Labute approximate surface area is 205 Å². The SMILES string of the molecule is CCOc1ccc([C@H]2C(=C(O)c3ccc(F)cc3)C(=O)C(=O)N2CCN(CC)CC)cc1OCC. The zero-order valence-corrected chi connectivity index (χ0v) is 20.7. The van der Waals surface area contributed by atoms with Crippen LogP contribution >= 0.6 is 0 Å². The largest absolute Gasteiger partial charge is 0.507 e. The normalized spacial score (nSPS) is 17.3. The summed E-state index contributed by atoms with van der Waals surface area (Å²) < 4.78 is 24.9. The quantitative estimate of drug-likeness (QED) is 0.290. The Morgan fingerprint density at radius 1 is 0.971 bits per heavy atom. The zero-order chi connectivity index (χ0) is 25.5. The number of hydrogen-bond acceptors (Lipinski definition) is 6. The number of benzene rings is 2. The summed E-state index contributed by atoms with van der Waals surface area (Å²) in [6, 6.07) is 9.59. The van der Waals surface area contributed by atoms with Crippen LogP contribution in [0.25, 0.3) is 5.76 Å². The minimum atomic E-state index is -0.828. The van der Waals surface area contributed by atoms with Gasteiger partial charge in [-0.2, -0.15) is 0 Å². The molecule has 1 N–H and O–H groups in total. The number of halogens is 1. The van der Waals surface area contributed by atoms with Crippen molar-refractivity contribution in [1.82, 2.24) is 9.80 Å². The molecule has 1 heterocycles. The number of aliphatic hydroxyl groups excluding tert-OH is 1. The maximum Gasteiger partial charge on any atom is 0.295 e. The highest BCUT2D eigenvalue weighted by atomic mass is 19.1. The van der Waals surface area contributed by atoms with Gasteiger partial charge in [-0.3, -0.25) is 9.59 Å². The highest BCUT2D eigenvalue weighted by Crippen LogP contribution is 2.42. The molecule has 1 saturated heterocycles. The first-order valence-electron chi connectivity index (χ1n) is 12.0. The van der Waals surface area contributed by atoms with Crippen molar-refractivity contribution in [2.24, 2.45) is 0 Å². The highest BCUT2D eigenvalue weighted by Gasteiger charge is 2.46. The summed E-state index contributed by atoms with van der Waals surface area (Å²) in [7, 11) is 0. The van der Waals surface area contributed by atoms with Crippen LogP contribution in [0.4, 0.5) is 4.39 Å². The average molecular weight is 485 g/mol. The van der Waals surface area contributed by atoms with Gasteiger partial charge >= 0.3 is 0 Å². The molecule has 1 aliphatic heterocycles. The first-order valence-corrected chi connectivity index (χ1v) is 12.0. The summed E-state index contributed by atoms with van der Waals surface area (Å²) in [6.45, 7) is 11.1. The molecular weight excluding hydrogens is 451 g/mol. The molecule has 7 nitrogen and oxygen atoms in total. The molecule has 0 aromatic heterocycles. The Morgan fingerprint density at radius 2 is 1.60 bits per heavy atom. The topological polar surface area (TPSA) is 79.3 Å². The molecule has 1 amide bonds. The third-order valence-corrected chi connectivity index (χ3v) is 6.09. The summed E-state index contributed by atoms with van der Waals surface area (Å²) in [5.41, 5.74) is 0.834. The summed E-state index contributed by atoms with van der Waals surface area (Å²) in [5, 5.41) is 11.1. The van der Waals surface area contributed by atoms with Gasteiger partial charge < -0.3 is 24.4 Å². The minimum absolute atomic E-state index is 0.0345. The number of rotatable bonds is 11. The molecule has 0 radical (unpaired) electrons. The second-order valence-electron chi connectivity index (χ2n) is 8.10. The number of Topliss-reactive ketones (excluding diaryl/α,β-unsaturated/α-hetero) is 1. The fourth-order valence-corrected chi connectivity index (χ4v) is 4.25. The Morgan fingerprint density at radius 3 is 2.20 bits per heavy atom. The van der Waals surface area contributed by atoms with Crippen molar-refractivity contribution in [1.29, 1.82) is 0 Å². The molecular formula is C27H33FN2O5. The van der Waals surface area contributed by atoms with Crippen LogP contribution in [0.2, 0.25) is 0 Å². The first kappa shape index (κ1) is 26.2. The maximum absolute atomic E-state index is 13.5. The Bertz CT molecular complexity index is 1080. The van der Waals surface area contributed by atoms with E-state index in [-0.39, 0.29) is 16.9 Å². The number of carbonyl (C=O) groups excluding carboxylic acids is 2. The van der Waals surface area contributed by atoms with Crippen LogP contribution < -0.4 is 9.47 Å². The summed E-state index contributed by atoms with van der Waals surface area (Å²) in [6.07, 6.45) is 0. The molecule has 2 aromatic rings. The lowest BCUT2D eigenvalue weighted by atomic mass is 9.95. The van der Waals surface area contributed by atoms with Crippen molar-refractivity contribution >= 4 is 17.4 Å². The van der Waals surface area contributed by atoms with E-state index in [0.29, 0.717) is 43.4 Å². The molecule has 188 valence electrons. The van der Waals surface area contributed by atoms with E-state index in [1.807, 2.05) is 27.7 Å². The van der Waals surface area contributed by atoms with Crippen molar-refractivity contribution in [2.75, 3.05) is 39.4 Å². The summed E-state index contributed by atoms with van der Waals surface area (Å²) >= 11 is 0. The van der Waals surface area contributed by atoms with Gasteiger partial charge in [0.15, 0.2) is 11.5 Å². The van der Waals surface area contributed by atoms with Gasteiger partial charge in [-0.25, -0.2) is 4.39 Å². The fraction of sp³-hybridized carbons (Fsp3) is 0.407. The monoisotopic (exact) mass is 484 g/mol. The standard InChI is InChI=1S/C27H33FN2O5/c1-5-29(6-2)15-16-30-24(19-11-14-21(34-7-3)22(17-19)35-8-4)23(26(32)27(30)33)25(31)18-9-12-20(28)13-10-18/h9-14,17,24,31H,5-8,15-16H2,1-4H3/t24-/m0/s1. The van der Waals surface area contributed by atoms with Gasteiger partial charge in [0.25, 0.3) is 11.7 Å². The second-order valence-corrected chi connectivity index (χ2v) is 8.10. The van der Waals surface area contributed by atoms with E-state index in [1.165, 1.54) is 29.2 Å². The van der Waals surface area contributed by atoms with Crippen LogP contribution in [0.3, 0.4) is 0 Å². The van der Waals surface area contributed by atoms with Gasteiger partial charge in [0.2, 0.25) is 0 Å². The number of hydrogen-bond donors (Lipinski definition) is 1. The predicted octanol–water partition coefficient (Wildman–Crippen LogP) is 4.39. The van der Waals surface area contributed by atoms with Crippen LogP contribution in [0.5, 0.6) is 11.5 Å². The molecule has 35 heavy (non-hydrogen) atoms. The predicted molar refractivity (Wildman–Crippen MR) is 132 cm³/mol. The maximum atomic E-state index is 13.5. The van der Waals surface area contributed by atoms with E-state index >= 15 is 0 Å². The number of amides is 1. The lowest BCUT2D eigenvalue weighted by Crippen LogP contribution is -2.38. The van der Waals surface area contributed by atoms with E-state index in [1.54, 1.807) is 18.2 Å². The van der Waals surface area contributed by atoms with Crippen LogP contribution in [0.15, 0.2) is 48.0 Å². The van der Waals surface area contributed by atoms with Gasteiger partial charge in [-0.15, -0.1) is 0 Å². The van der Waals surface area contributed by atoms with E-state index in [0.717, 1.165) is 13.1 Å². The Kier molecular flexibility index (Phi) is 8.87. The second kappa shape index (κ2) is 11.8. The van der Waals surface area contributed by atoms with Crippen molar-refractivity contribution in [2.45, 2.75) is 33.7 Å². The minimum Gasteiger partial charge on any atom is -0.507 e. The average Bonchev–Trinajstić information content (AvgIpc) is 3.11. The number of ketones is 1. The van der Waals surface area contributed by atoms with Gasteiger partial charge in [-0.05, 0) is 68.9 Å². The van der Waals surface area contributed by atoms with Crippen molar-refractivity contribution < 1.29 is 28.6 Å². The van der Waals surface area contributed by atoms with E-state index in [2.05, 4.69) is 4.90 Å². The summed E-state index contributed by atoms with van der Waals surface area (Å²) in [5.74, 6) is -1.23. The zero-order valence-electron chi connectivity index (χ0n) is 20.7. The Balaban J connectivity index is 2.14. The molecule has 3 rings (SSSR count). The van der Waals surface area contributed by atoms with Gasteiger partial charge in [0.05, 0.1) is 24.8 Å². The highest BCUT2D eigenvalue weighted by molar-refractivity contribution is 6.46. The molecule has 2 aromatic carbocycles. The van der Waals surface area contributed by atoms with E-state index < -0.39 is 23.5 Å². The number of ether oxygens (including phenoxy) is 2. The number of carbonyl (C=O) groups is 2. The van der Waals surface area contributed by atoms with Crippen molar-refractivity contribution in [3.05, 3.63) is 65.0 Å². The number of aliphatic hydroxyl groups is 1. The third-order valence-electron chi connectivity index (χ3n) is 6.09. The van der Waals surface area contributed by atoms with Gasteiger partial charge in [-0.1, -0.05) is 19.9 Å². The number of likely N-dealkylation sites (N-methyl/N-ethyl adjacent to an activating group) is 1. The number of nitrogens with zero attached hydrogens (tertiary/aromatic N) is 2. The van der Waals surface area contributed by atoms with Crippen LogP contribution in [-0.4, -0.2) is 66.0 Å². The molecule has 0 unspecified atom stereocenters. The lowest BCUT2D eigenvalue weighted by Gasteiger charge is -2.28. The molecule has 1 fully saturated rings. The van der Waals surface area contributed by atoms with Crippen LogP contribution in [-0.2, 0) is 9.59 Å². The van der Waals surface area contributed by atoms with Crippen molar-refractivity contribution in [3.8, 4) is 11.5 Å². The number of likely N-dealkylation sites (tertiary alicyclic amines) is 1. The summed E-state index contributed by atoms with van der Waals surface area (Å²) in [4.78, 5) is 30.0. The van der Waals surface area contributed by atoms with Crippen molar-refractivity contribution in [3.63, 3.8) is 0 Å². The van der Waals surface area contributed by atoms with Crippen LogP contribution in [0, 0.1) is 5.82 Å². The fourth-order valence-electron chi connectivity index (χ4n) is 4.25.